The number of piperidine rings is 1. The molecule has 0 amide bonds. The normalized spacial score (nSPS) is 22.5. The maximum atomic E-state index is 3.69. The predicted octanol–water partition coefficient (Wildman–Crippen LogP) is 2.86. The van der Waals surface area contributed by atoms with Crippen molar-refractivity contribution in [2.75, 3.05) is 32.1 Å². The highest BCUT2D eigenvalue weighted by atomic mass is 15.2. The topological polar surface area (TPSA) is 18.5 Å². The summed E-state index contributed by atoms with van der Waals surface area (Å²) in [5.74, 6) is 0. The third kappa shape index (κ3) is 4.21. The molecule has 3 nitrogen and oxygen atoms in total. The molecule has 116 valence electrons. The van der Waals surface area contributed by atoms with E-state index in [0.29, 0.717) is 6.04 Å². The molecule has 1 atom stereocenters. The van der Waals surface area contributed by atoms with Gasteiger partial charge in [0.15, 0.2) is 0 Å². The van der Waals surface area contributed by atoms with E-state index in [2.05, 4.69) is 53.5 Å². The molecule has 1 N–H and O–H groups in total. The molecule has 0 radical (unpaired) electrons. The van der Waals surface area contributed by atoms with Gasteiger partial charge in [-0.1, -0.05) is 18.6 Å². The predicted molar refractivity (Wildman–Crippen MR) is 89.8 cm³/mol. The van der Waals surface area contributed by atoms with Gasteiger partial charge in [-0.3, -0.25) is 4.90 Å². The van der Waals surface area contributed by atoms with Gasteiger partial charge in [0, 0.05) is 45.0 Å². The van der Waals surface area contributed by atoms with Crippen molar-refractivity contribution in [2.45, 2.75) is 50.7 Å². The molecule has 1 unspecified atom stereocenters. The van der Waals surface area contributed by atoms with Gasteiger partial charge in [-0.2, -0.15) is 0 Å². The van der Waals surface area contributed by atoms with Gasteiger partial charge in [-0.25, -0.2) is 0 Å². The quantitative estimate of drug-likeness (QED) is 0.868. The van der Waals surface area contributed by atoms with Crippen molar-refractivity contribution >= 4 is 5.69 Å². The Bertz CT molecular complexity index is 430. The lowest BCUT2D eigenvalue weighted by molar-refractivity contribution is 0.208. The van der Waals surface area contributed by atoms with Gasteiger partial charge < -0.3 is 10.2 Å². The third-order valence-corrected chi connectivity index (χ3v) is 4.77. The Labute approximate surface area is 129 Å². The molecule has 3 heteroatoms. The van der Waals surface area contributed by atoms with E-state index in [1.807, 2.05) is 0 Å². The highest BCUT2D eigenvalue weighted by Crippen LogP contribution is 2.29. The Kier molecular flexibility index (Phi) is 4.81. The molecule has 1 aliphatic carbocycles. The fourth-order valence-corrected chi connectivity index (χ4v) is 3.28. The number of rotatable bonds is 6. The van der Waals surface area contributed by atoms with Crippen molar-refractivity contribution in [1.29, 1.82) is 0 Å². The first-order valence-corrected chi connectivity index (χ1v) is 8.46. The second-order valence-corrected chi connectivity index (χ2v) is 6.87. The molecule has 0 spiro atoms. The molecule has 0 bridgehead atoms. The lowest BCUT2D eigenvalue weighted by atomic mass is 10.0. The first kappa shape index (κ1) is 14.9. The van der Waals surface area contributed by atoms with Crippen molar-refractivity contribution < 1.29 is 0 Å². The molecule has 2 fully saturated rings. The second kappa shape index (κ2) is 6.80. The van der Waals surface area contributed by atoms with Crippen LogP contribution in [0.15, 0.2) is 24.3 Å². The van der Waals surface area contributed by atoms with Crippen LogP contribution in [0.4, 0.5) is 5.69 Å². The minimum absolute atomic E-state index is 0.709. The van der Waals surface area contributed by atoms with Crippen LogP contribution in [-0.4, -0.2) is 44.2 Å². The first-order valence-electron chi connectivity index (χ1n) is 8.46. The zero-order valence-corrected chi connectivity index (χ0v) is 13.5. The number of benzene rings is 1. The van der Waals surface area contributed by atoms with Gasteiger partial charge in [-0.05, 0) is 49.9 Å². The van der Waals surface area contributed by atoms with E-state index in [0.717, 1.165) is 12.6 Å². The van der Waals surface area contributed by atoms with Crippen molar-refractivity contribution in [1.82, 2.24) is 10.2 Å². The second-order valence-electron chi connectivity index (χ2n) is 6.87. The average Bonchev–Trinajstić information content (AvgIpc) is 3.33. The lowest BCUT2D eigenvalue weighted by Gasteiger charge is -2.30. The maximum absolute atomic E-state index is 3.69. The highest BCUT2D eigenvalue weighted by Gasteiger charge is 2.30. The van der Waals surface area contributed by atoms with Crippen LogP contribution in [0.1, 0.15) is 37.7 Å². The molecule has 0 aromatic heterocycles. The van der Waals surface area contributed by atoms with Crippen LogP contribution in [0.3, 0.4) is 0 Å². The summed E-state index contributed by atoms with van der Waals surface area (Å²) in [7, 11) is 4.19. The van der Waals surface area contributed by atoms with Crippen molar-refractivity contribution in [3.63, 3.8) is 0 Å². The fourth-order valence-electron chi connectivity index (χ4n) is 3.28. The summed E-state index contributed by atoms with van der Waals surface area (Å²) in [6.07, 6.45) is 6.88. The van der Waals surface area contributed by atoms with Crippen molar-refractivity contribution in [3.05, 3.63) is 29.8 Å². The molecule has 1 aromatic carbocycles. The Balaban J connectivity index is 1.59. The average molecular weight is 287 g/mol. The fraction of sp³-hybridized carbons (Fsp3) is 0.667. The van der Waals surface area contributed by atoms with E-state index >= 15 is 0 Å². The molecule has 1 saturated heterocycles. The minimum atomic E-state index is 0.709. The van der Waals surface area contributed by atoms with Gasteiger partial charge in [-0.15, -0.1) is 0 Å². The van der Waals surface area contributed by atoms with E-state index < -0.39 is 0 Å². The minimum Gasteiger partial charge on any atom is -0.378 e. The number of hydrogen-bond acceptors (Lipinski definition) is 3. The van der Waals surface area contributed by atoms with E-state index in [4.69, 9.17) is 0 Å². The standard InChI is InChI=1S/C18H29N3/c1-20(2)17-8-6-15(7-9-17)13-21(18-10-11-18)14-16-5-3-4-12-19-16/h6-9,16,18-19H,3-5,10-14H2,1-2H3. The Morgan fingerprint density at radius 1 is 1.05 bits per heavy atom. The summed E-state index contributed by atoms with van der Waals surface area (Å²) in [4.78, 5) is 4.86. The Morgan fingerprint density at radius 2 is 1.81 bits per heavy atom. The zero-order valence-electron chi connectivity index (χ0n) is 13.5. The summed E-state index contributed by atoms with van der Waals surface area (Å²) < 4.78 is 0. The zero-order chi connectivity index (χ0) is 14.7. The maximum Gasteiger partial charge on any atom is 0.0361 e. The summed E-state index contributed by atoms with van der Waals surface area (Å²) in [6, 6.07) is 10.6. The van der Waals surface area contributed by atoms with Crippen LogP contribution in [0.5, 0.6) is 0 Å². The van der Waals surface area contributed by atoms with Crippen LogP contribution < -0.4 is 10.2 Å². The van der Waals surface area contributed by atoms with E-state index in [1.165, 1.54) is 56.4 Å². The number of hydrogen-bond donors (Lipinski definition) is 1. The van der Waals surface area contributed by atoms with Gasteiger partial charge >= 0.3 is 0 Å². The van der Waals surface area contributed by atoms with Crippen LogP contribution in [0.2, 0.25) is 0 Å². The largest absolute Gasteiger partial charge is 0.378 e. The Morgan fingerprint density at radius 3 is 2.38 bits per heavy atom. The van der Waals surface area contributed by atoms with Crippen LogP contribution in [0, 0.1) is 0 Å². The molecule has 1 heterocycles. The first-order chi connectivity index (χ1) is 10.2. The molecular formula is C18H29N3. The monoisotopic (exact) mass is 287 g/mol. The van der Waals surface area contributed by atoms with E-state index in [-0.39, 0.29) is 0 Å². The van der Waals surface area contributed by atoms with Crippen LogP contribution >= 0.6 is 0 Å². The van der Waals surface area contributed by atoms with Crippen LogP contribution in [0.25, 0.3) is 0 Å². The van der Waals surface area contributed by atoms with E-state index in [9.17, 15) is 0 Å². The molecule has 21 heavy (non-hydrogen) atoms. The van der Waals surface area contributed by atoms with Gasteiger partial charge in [0.1, 0.15) is 0 Å². The Hall–Kier alpha value is -1.06. The molecule has 1 saturated carbocycles. The van der Waals surface area contributed by atoms with Crippen LogP contribution in [-0.2, 0) is 6.54 Å². The summed E-state index contributed by atoms with van der Waals surface area (Å²) in [5, 5.41) is 3.69. The van der Waals surface area contributed by atoms with Gasteiger partial charge in [0.2, 0.25) is 0 Å². The molecule has 2 aliphatic rings. The van der Waals surface area contributed by atoms with E-state index in [1.54, 1.807) is 0 Å². The number of nitrogens with zero attached hydrogens (tertiary/aromatic N) is 2. The summed E-state index contributed by atoms with van der Waals surface area (Å²) >= 11 is 0. The van der Waals surface area contributed by atoms with Crippen molar-refractivity contribution in [3.8, 4) is 0 Å². The van der Waals surface area contributed by atoms with Gasteiger partial charge in [0.25, 0.3) is 0 Å². The highest BCUT2D eigenvalue weighted by molar-refractivity contribution is 5.45. The number of anilines is 1. The summed E-state index contributed by atoms with van der Waals surface area (Å²) in [6.45, 7) is 3.54. The lowest BCUT2D eigenvalue weighted by Crippen LogP contribution is -2.44. The SMILES string of the molecule is CN(C)c1ccc(CN(CC2CCCCN2)C2CC2)cc1. The molecule has 1 aliphatic heterocycles. The smallest absolute Gasteiger partial charge is 0.0361 e. The summed E-state index contributed by atoms with van der Waals surface area (Å²) in [5.41, 5.74) is 2.73. The van der Waals surface area contributed by atoms with Gasteiger partial charge in [0.05, 0.1) is 0 Å². The third-order valence-electron chi connectivity index (χ3n) is 4.77. The van der Waals surface area contributed by atoms with Crippen molar-refractivity contribution in [2.24, 2.45) is 0 Å². The molecular weight excluding hydrogens is 258 g/mol. The molecule has 1 aromatic rings. The molecule has 3 rings (SSSR count). The number of nitrogens with one attached hydrogen (secondary N) is 1.